The molecule has 20 heavy (non-hydrogen) atoms. The molecule has 2 unspecified atom stereocenters. The number of sulfone groups is 1. The Morgan fingerprint density at radius 3 is 2.50 bits per heavy atom. The van der Waals surface area contributed by atoms with Crippen molar-refractivity contribution in [2.24, 2.45) is 0 Å². The van der Waals surface area contributed by atoms with Crippen LogP contribution in [0.4, 0.5) is 5.69 Å². The van der Waals surface area contributed by atoms with E-state index in [0.717, 1.165) is 37.9 Å². The van der Waals surface area contributed by atoms with Gasteiger partial charge in [0.25, 0.3) is 0 Å². The van der Waals surface area contributed by atoms with Crippen LogP contribution in [0.1, 0.15) is 31.2 Å². The minimum absolute atomic E-state index is 0.171. The van der Waals surface area contributed by atoms with E-state index in [1.165, 1.54) is 11.8 Å². The van der Waals surface area contributed by atoms with Gasteiger partial charge in [-0.2, -0.15) is 0 Å². The first-order valence-corrected chi connectivity index (χ1v) is 9.05. The van der Waals surface area contributed by atoms with Gasteiger partial charge in [0.1, 0.15) is 9.84 Å². The minimum atomic E-state index is -2.91. The zero-order chi connectivity index (χ0) is 14.8. The van der Waals surface area contributed by atoms with Gasteiger partial charge in [0, 0.05) is 24.5 Å². The lowest BCUT2D eigenvalue weighted by atomic mass is 9.93. The Bertz CT molecular complexity index is 539. The van der Waals surface area contributed by atoms with Gasteiger partial charge in [0.2, 0.25) is 0 Å². The lowest BCUT2D eigenvalue weighted by molar-refractivity contribution is 0.186. The first-order chi connectivity index (χ1) is 9.36. The fourth-order valence-electron chi connectivity index (χ4n) is 2.95. The molecule has 0 saturated heterocycles. The van der Waals surface area contributed by atoms with Crippen LogP contribution in [-0.2, 0) is 16.4 Å². The zero-order valence-electron chi connectivity index (χ0n) is 12.2. The normalized spacial score (nSPS) is 23.9. The number of nitrogens with two attached hydrogens (primary N) is 1. The molecule has 4 nitrogen and oxygen atoms in total. The van der Waals surface area contributed by atoms with E-state index in [2.05, 4.69) is 11.9 Å². The van der Waals surface area contributed by atoms with Crippen LogP contribution in [-0.4, -0.2) is 37.9 Å². The van der Waals surface area contributed by atoms with E-state index in [1.807, 2.05) is 24.3 Å². The van der Waals surface area contributed by atoms with Gasteiger partial charge in [0.15, 0.2) is 0 Å². The summed E-state index contributed by atoms with van der Waals surface area (Å²) >= 11 is 0. The van der Waals surface area contributed by atoms with E-state index in [0.29, 0.717) is 6.04 Å². The van der Waals surface area contributed by atoms with Crippen molar-refractivity contribution in [1.82, 2.24) is 4.90 Å². The van der Waals surface area contributed by atoms with Crippen molar-refractivity contribution in [3.8, 4) is 0 Å². The van der Waals surface area contributed by atoms with Gasteiger partial charge in [-0.05, 0) is 44.0 Å². The summed E-state index contributed by atoms with van der Waals surface area (Å²) in [5.41, 5.74) is 7.67. The van der Waals surface area contributed by atoms with Crippen molar-refractivity contribution in [3.63, 3.8) is 0 Å². The fourth-order valence-corrected chi connectivity index (χ4v) is 4.12. The third-order valence-corrected chi connectivity index (χ3v) is 5.88. The largest absolute Gasteiger partial charge is 0.399 e. The molecule has 1 aliphatic carbocycles. The molecule has 0 amide bonds. The van der Waals surface area contributed by atoms with Crippen LogP contribution in [0, 0.1) is 0 Å². The summed E-state index contributed by atoms with van der Waals surface area (Å²) in [5, 5.41) is -0.171. The van der Waals surface area contributed by atoms with Gasteiger partial charge < -0.3 is 5.73 Å². The van der Waals surface area contributed by atoms with Gasteiger partial charge >= 0.3 is 0 Å². The highest BCUT2D eigenvalue weighted by Crippen LogP contribution is 2.27. The molecule has 0 aromatic heterocycles. The summed E-state index contributed by atoms with van der Waals surface area (Å²) in [7, 11) is -0.839. The smallest absolute Gasteiger partial charge is 0.150 e. The van der Waals surface area contributed by atoms with Crippen LogP contribution in [0.25, 0.3) is 0 Å². The maximum absolute atomic E-state index is 11.7. The van der Waals surface area contributed by atoms with Crippen LogP contribution in [0.3, 0.4) is 0 Å². The lowest BCUT2D eigenvalue weighted by Crippen LogP contribution is -2.39. The van der Waals surface area contributed by atoms with Gasteiger partial charge in [-0.3, -0.25) is 4.90 Å². The average Bonchev–Trinajstić information content (AvgIpc) is 2.40. The number of hydrogen-bond acceptors (Lipinski definition) is 4. The molecule has 1 fully saturated rings. The molecule has 1 aliphatic rings. The third kappa shape index (κ3) is 3.96. The molecule has 2 N–H and O–H groups in total. The van der Waals surface area contributed by atoms with Crippen LogP contribution in [0.2, 0.25) is 0 Å². The van der Waals surface area contributed by atoms with Gasteiger partial charge in [-0.1, -0.05) is 18.6 Å². The molecule has 1 aromatic rings. The minimum Gasteiger partial charge on any atom is -0.399 e. The van der Waals surface area contributed by atoms with E-state index in [9.17, 15) is 8.42 Å². The summed E-state index contributed by atoms with van der Waals surface area (Å²) in [6.07, 6.45) is 5.00. The van der Waals surface area contributed by atoms with Crippen molar-refractivity contribution < 1.29 is 8.42 Å². The first-order valence-electron chi connectivity index (χ1n) is 7.10. The summed E-state index contributed by atoms with van der Waals surface area (Å²) < 4.78 is 23.4. The number of rotatable bonds is 4. The van der Waals surface area contributed by atoms with Crippen LogP contribution in [0.15, 0.2) is 24.3 Å². The predicted octanol–water partition coefficient (Wildman–Crippen LogP) is 2.06. The zero-order valence-corrected chi connectivity index (χ0v) is 13.1. The van der Waals surface area contributed by atoms with Crippen LogP contribution < -0.4 is 5.73 Å². The Balaban J connectivity index is 1.98. The van der Waals surface area contributed by atoms with E-state index in [1.54, 1.807) is 0 Å². The Morgan fingerprint density at radius 2 is 1.90 bits per heavy atom. The molecule has 0 heterocycles. The second-order valence-electron chi connectivity index (χ2n) is 5.93. The van der Waals surface area contributed by atoms with E-state index < -0.39 is 9.84 Å². The number of nitrogens with zero attached hydrogens (tertiary/aromatic N) is 1. The molecular weight excluding hydrogens is 272 g/mol. The fraction of sp³-hybridized carbons (Fsp3) is 0.600. The lowest BCUT2D eigenvalue weighted by Gasteiger charge is -2.34. The quantitative estimate of drug-likeness (QED) is 0.864. The maximum atomic E-state index is 11.7. The standard InChI is InChI=1S/C15H24N2O2S/c1-17(11-12-6-8-13(16)9-7-12)14-4-3-5-15(10-14)20(2,18)19/h6-9,14-15H,3-5,10-11,16H2,1-2H3. The highest BCUT2D eigenvalue weighted by molar-refractivity contribution is 7.91. The second kappa shape index (κ2) is 6.14. The average molecular weight is 296 g/mol. The van der Waals surface area contributed by atoms with Crippen LogP contribution in [0.5, 0.6) is 0 Å². The number of nitrogen functional groups attached to an aromatic ring is 1. The Labute approximate surface area is 121 Å². The number of hydrogen-bond donors (Lipinski definition) is 1. The molecule has 1 aromatic carbocycles. The van der Waals surface area contributed by atoms with Gasteiger partial charge in [-0.15, -0.1) is 0 Å². The second-order valence-corrected chi connectivity index (χ2v) is 8.25. The highest BCUT2D eigenvalue weighted by Gasteiger charge is 2.30. The molecule has 0 bridgehead atoms. The first kappa shape index (κ1) is 15.3. The van der Waals surface area contributed by atoms with Gasteiger partial charge in [0.05, 0.1) is 5.25 Å². The van der Waals surface area contributed by atoms with Crippen molar-refractivity contribution in [2.75, 3.05) is 19.0 Å². The summed E-state index contributed by atoms with van der Waals surface area (Å²) in [6.45, 7) is 0.835. The summed E-state index contributed by atoms with van der Waals surface area (Å²) in [4.78, 5) is 2.27. The summed E-state index contributed by atoms with van der Waals surface area (Å²) in [5.74, 6) is 0. The Kier molecular flexibility index (Phi) is 4.70. The number of anilines is 1. The molecule has 5 heteroatoms. The Hall–Kier alpha value is -1.07. The molecule has 2 atom stereocenters. The van der Waals surface area contributed by atoms with Crippen molar-refractivity contribution in [3.05, 3.63) is 29.8 Å². The monoisotopic (exact) mass is 296 g/mol. The SMILES string of the molecule is CN(Cc1ccc(N)cc1)C1CCCC(S(C)(=O)=O)C1. The van der Waals surface area contributed by atoms with Crippen molar-refractivity contribution in [1.29, 1.82) is 0 Å². The van der Waals surface area contributed by atoms with E-state index >= 15 is 0 Å². The Morgan fingerprint density at radius 1 is 1.25 bits per heavy atom. The molecule has 1 saturated carbocycles. The van der Waals surface area contributed by atoms with E-state index in [-0.39, 0.29) is 5.25 Å². The summed E-state index contributed by atoms with van der Waals surface area (Å²) in [6, 6.07) is 8.22. The van der Waals surface area contributed by atoms with Gasteiger partial charge in [-0.25, -0.2) is 8.42 Å². The van der Waals surface area contributed by atoms with Crippen molar-refractivity contribution >= 4 is 15.5 Å². The highest BCUT2D eigenvalue weighted by atomic mass is 32.2. The maximum Gasteiger partial charge on any atom is 0.150 e. The molecule has 0 radical (unpaired) electrons. The molecule has 0 spiro atoms. The molecular formula is C15H24N2O2S. The topological polar surface area (TPSA) is 63.4 Å². The van der Waals surface area contributed by atoms with Crippen LogP contribution >= 0.6 is 0 Å². The third-order valence-electron chi connectivity index (χ3n) is 4.24. The predicted molar refractivity (Wildman–Crippen MR) is 83.2 cm³/mol. The molecule has 2 rings (SSSR count). The molecule has 112 valence electrons. The van der Waals surface area contributed by atoms with Crippen molar-refractivity contribution in [2.45, 2.75) is 43.5 Å². The van der Waals surface area contributed by atoms with E-state index in [4.69, 9.17) is 5.73 Å². The number of benzene rings is 1. The molecule has 0 aliphatic heterocycles.